The maximum atomic E-state index is 12.9. The average Bonchev–Trinajstić information content (AvgIpc) is 3.08. The Morgan fingerprint density at radius 2 is 1.68 bits per heavy atom. The molecule has 0 saturated carbocycles. The van der Waals surface area contributed by atoms with E-state index in [0.29, 0.717) is 12.3 Å². The van der Waals surface area contributed by atoms with Gasteiger partial charge in [-0.1, -0.05) is 70.5 Å². The lowest BCUT2D eigenvalue weighted by Gasteiger charge is -2.24. The lowest BCUT2D eigenvalue weighted by Crippen LogP contribution is -2.38. The van der Waals surface area contributed by atoms with Gasteiger partial charge in [-0.25, -0.2) is 9.59 Å². The van der Waals surface area contributed by atoms with E-state index in [0.717, 1.165) is 49.8 Å². The molecule has 2 aromatic carbocycles. The van der Waals surface area contributed by atoms with Crippen molar-refractivity contribution in [2.24, 2.45) is 0 Å². The van der Waals surface area contributed by atoms with Crippen LogP contribution in [0.4, 0.5) is 4.79 Å². The molecule has 6 nitrogen and oxygen atoms in total. The third-order valence-electron chi connectivity index (χ3n) is 7.27. The number of nitrogens with zero attached hydrogens (tertiary/aromatic N) is 2. The molecule has 1 saturated heterocycles. The Balaban J connectivity index is 1.57. The third-order valence-corrected chi connectivity index (χ3v) is 7.27. The van der Waals surface area contributed by atoms with Crippen molar-refractivity contribution in [2.75, 3.05) is 13.6 Å². The quantitative estimate of drug-likeness (QED) is 0.379. The molecule has 202 valence electrons. The van der Waals surface area contributed by atoms with Crippen molar-refractivity contribution in [3.05, 3.63) is 64.7 Å². The number of urea groups is 1. The number of carbonyl (C=O) groups excluding carboxylic acids is 1. The molecule has 1 heterocycles. The molecule has 2 amide bonds. The first-order chi connectivity index (χ1) is 17.3. The Morgan fingerprint density at radius 3 is 2.27 bits per heavy atom. The van der Waals surface area contributed by atoms with Crippen LogP contribution in [0.15, 0.2) is 42.5 Å². The third kappa shape index (κ3) is 7.27. The number of carboxylic acids is 1. The van der Waals surface area contributed by atoms with Crippen LogP contribution in [0.2, 0.25) is 0 Å². The lowest BCUT2D eigenvalue weighted by molar-refractivity contribution is -0.152. The number of aliphatic carboxylic acids is 1. The first-order valence-corrected chi connectivity index (χ1v) is 13.5. The summed E-state index contributed by atoms with van der Waals surface area (Å²) in [6.07, 6.45) is 4.62. The van der Waals surface area contributed by atoms with Crippen molar-refractivity contribution in [3.63, 3.8) is 0 Å². The molecule has 1 fully saturated rings. The van der Waals surface area contributed by atoms with Gasteiger partial charge in [0.05, 0.1) is 6.04 Å². The summed E-state index contributed by atoms with van der Waals surface area (Å²) in [5.74, 6) is -0.337. The summed E-state index contributed by atoms with van der Waals surface area (Å²) in [5.41, 5.74) is 3.56. The predicted molar refractivity (Wildman–Crippen MR) is 148 cm³/mol. The van der Waals surface area contributed by atoms with Gasteiger partial charge < -0.3 is 19.6 Å². The van der Waals surface area contributed by atoms with Crippen molar-refractivity contribution in [1.82, 2.24) is 9.80 Å². The van der Waals surface area contributed by atoms with Gasteiger partial charge in [0.1, 0.15) is 5.75 Å². The highest BCUT2D eigenvalue weighted by molar-refractivity contribution is 5.77. The fourth-order valence-electron chi connectivity index (χ4n) is 4.79. The summed E-state index contributed by atoms with van der Waals surface area (Å²) in [6, 6.07) is 15.0. The number of rotatable bonds is 11. The highest BCUT2D eigenvalue weighted by Crippen LogP contribution is 2.28. The number of carbonyl (C=O) groups is 2. The molecule has 0 bridgehead atoms. The van der Waals surface area contributed by atoms with E-state index >= 15 is 0 Å². The Kier molecular flexibility index (Phi) is 8.93. The molecule has 0 unspecified atom stereocenters. The minimum atomic E-state index is -1.27. The monoisotopic (exact) mass is 508 g/mol. The fourth-order valence-corrected chi connectivity index (χ4v) is 4.79. The molecule has 0 aliphatic carbocycles. The fraction of sp³-hybridized carbons (Fsp3) is 0.548. The summed E-state index contributed by atoms with van der Waals surface area (Å²) in [5, 5.41) is 9.42. The van der Waals surface area contributed by atoms with Crippen LogP contribution in [0.1, 0.15) is 83.1 Å². The summed E-state index contributed by atoms with van der Waals surface area (Å²) in [6.45, 7) is 13.3. The largest absolute Gasteiger partial charge is 0.478 e. The van der Waals surface area contributed by atoms with Gasteiger partial charge in [-0.2, -0.15) is 0 Å². The van der Waals surface area contributed by atoms with Gasteiger partial charge in [0, 0.05) is 20.1 Å². The van der Waals surface area contributed by atoms with E-state index in [9.17, 15) is 14.7 Å². The van der Waals surface area contributed by atoms with Crippen molar-refractivity contribution < 1.29 is 19.4 Å². The van der Waals surface area contributed by atoms with Gasteiger partial charge in [-0.15, -0.1) is 0 Å². The molecule has 6 heteroatoms. The second kappa shape index (κ2) is 11.6. The Morgan fingerprint density at radius 1 is 1.03 bits per heavy atom. The van der Waals surface area contributed by atoms with Gasteiger partial charge in [-0.3, -0.25) is 0 Å². The van der Waals surface area contributed by atoms with Gasteiger partial charge in [0.2, 0.25) is 0 Å². The average molecular weight is 509 g/mol. The number of ether oxygens (including phenoxy) is 1. The van der Waals surface area contributed by atoms with E-state index < -0.39 is 11.6 Å². The number of carboxylic acid groups (broad SMARTS) is 1. The molecular formula is C31H44N2O4. The second-order valence-corrected chi connectivity index (χ2v) is 11.9. The van der Waals surface area contributed by atoms with Crippen LogP contribution in [0, 0.1) is 0 Å². The van der Waals surface area contributed by atoms with Gasteiger partial charge >= 0.3 is 12.0 Å². The maximum Gasteiger partial charge on any atom is 0.347 e. The van der Waals surface area contributed by atoms with E-state index in [1.165, 1.54) is 11.1 Å². The number of benzene rings is 2. The van der Waals surface area contributed by atoms with Crippen LogP contribution in [0.5, 0.6) is 5.75 Å². The minimum absolute atomic E-state index is 0.0951. The molecule has 2 aromatic rings. The number of hydrogen-bond donors (Lipinski definition) is 1. The van der Waals surface area contributed by atoms with Crippen molar-refractivity contribution in [2.45, 2.75) is 97.2 Å². The molecule has 0 spiro atoms. The van der Waals surface area contributed by atoms with Crippen LogP contribution in [0.25, 0.3) is 0 Å². The first-order valence-electron chi connectivity index (χ1n) is 13.5. The van der Waals surface area contributed by atoms with E-state index in [1.807, 2.05) is 29.0 Å². The van der Waals surface area contributed by atoms with Crippen molar-refractivity contribution in [3.8, 4) is 5.75 Å². The highest BCUT2D eigenvalue weighted by Gasteiger charge is 2.34. The normalized spacial score (nSPS) is 16.4. The summed E-state index contributed by atoms with van der Waals surface area (Å²) >= 11 is 0. The number of likely N-dealkylation sites (N-methyl/N-ethyl adjacent to an activating group) is 1. The van der Waals surface area contributed by atoms with Crippen molar-refractivity contribution >= 4 is 12.0 Å². The zero-order valence-electron chi connectivity index (χ0n) is 23.6. The van der Waals surface area contributed by atoms with Crippen LogP contribution in [0.3, 0.4) is 0 Å². The lowest BCUT2D eigenvalue weighted by atomic mass is 9.87. The summed E-state index contributed by atoms with van der Waals surface area (Å²) in [4.78, 5) is 28.2. The molecule has 0 radical (unpaired) electrons. The van der Waals surface area contributed by atoms with Crippen LogP contribution in [-0.4, -0.2) is 52.1 Å². The molecular weight excluding hydrogens is 464 g/mol. The Bertz CT molecular complexity index is 1090. The number of hydrogen-bond acceptors (Lipinski definition) is 3. The predicted octanol–water partition coefficient (Wildman–Crippen LogP) is 6.44. The first kappa shape index (κ1) is 28.5. The number of aryl methyl sites for hydroxylation is 2. The summed E-state index contributed by atoms with van der Waals surface area (Å²) < 4.78 is 5.85. The molecule has 0 aromatic heterocycles. The minimum Gasteiger partial charge on any atom is -0.478 e. The Hall–Kier alpha value is -3.02. The number of amides is 2. The molecule has 1 aliphatic rings. The smallest absolute Gasteiger partial charge is 0.347 e. The standard InChI is InChI=1S/C31H44N2O4/c1-8-10-24-19-22(15-18-27(24)37-31(5,6)28(34)35)11-9-12-26-21-33(29(36)32(26)7)20-23-13-16-25(17-14-23)30(2,3)4/h13-19,26H,8-12,20-21H2,1-7H3,(H,34,35)/t26-/m0/s1. The molecule has 1 N–H and O–H groups in total. The highest BCUT2D eigenvalue weighted by atomic mass is 16.5. The second-order valence-electron chi connectivity index (χ2n) is 11.9. The van der Waals surface area contributed by atoms with Gasteiger partial charge in [0.15, 0.2) is 5.60 Å². The van der Waals surface area contributed by atoms with E-state index in [-0.39, 0.29) is 17.5 Å². The summed E-state index contributed by atoms with van der Waals surface area (Å²) in [7, 11) is 1.91. The molecule has 1 atom stereocenters. The van der Waals surface area contributed by atoms with Gasteiger partial charge in [-0.05, 0) is 73.3 Å². The molecule has 1 aliphatic heterocycles. The van der Waals surface area contributed by atoms with Crippen molar-refractivity contribution in [1.29, 1.82) is 0 Å². The van der Waals surface area contributed by atoms with Crippen LogP contribution in [-0.2, 0) is 29.6 Å². The van der Waals surface area contributed by atoms with Crippen LogP contribution >= 0.6 is 0 Å². The zero-order chi connectivity index (χ0) is 27.4. The maximum absolute atomic E-state index is 12.9. The van der Waals surface area contributed by atoms with E-state index in [4.69, 9.17) is 4.74 Å². The topological polar surface area (TPSA) is 70.1 Å². The Labute approximate surface area is 222 Å². The molecule has 37 heavy (non-hydrogen) atoms. The zero-order valence-corrected chi connectivity index (χ0v) is 23.6. The SMILES string of the molecule is CCCc1cc(CCC[C@H]2CN(Cc3ccc(C(C)(C)C)cc3)C(=O)N2C)ccc1OC(C)(C)C(=O)O. The van der Waals surface area contributed by atoms with Crippen LogP contribution < -0.4 is 4.74 Å². The molecule has 3 rings (SSSR count). The van der Waals surface area contributed by atoms with E-state index in [1.54, 1.807) is 13.8 Å². The van der Waals surface area contributed by atoms with Gasteiger partial charge in [0.25, 0.3) is 0 Å². The van der Waals surface area contributed by atoms with E-state index in [2.05, 4.69) is 58.0 Å².